The average Bonchev–Trinajstić information content (AvgIpc) is 2.89. The number of fused-ring (bicyclic) bond motifs is 2. The predicted octanol–water partition coefficient (Wildman–Crippen LogP) is 2.72. The van der Waals surface area contributed by atoms with Crippen molar-refractivity contribution in [3.63, 3.8) is 0 Å². The molecular weight excluding hydrogens is 215 g/mol. The van der Waals surface area contributed by atoms with Crippen LogP contribution in [0.15, 0.2) is 24.4 Å². The lowest BCUT2D eigenvalue weighted by Gasteiger charge is -2.31. The van der Waals surface area contributed by atoms with Crippen LogP contribution < -0.4 is 0 Å². The van der Waals surface area contributed by atoms with Crippen LogP contribution in [0.5, 0.6) is 0 Å². The maximum atomic E-state index is 12.9. The van der Waals surface area contributed by atoms with Crippen LogP contribution in [-0.2, 0) is 0 Å². The summed E-state index contributed by atoms with van der Waals surface area (Å²) in [6, 6.07) is 4.34. The molecule has 3 rings (SSSR count). The van der Waals surface area contributed by atoms with E-state index in [0.717, 1.165) is 12.2 Å². The Balaban J connectivity index is 1.90. The Kier molecular flexibility index (Phi) is 2.51. The minimum Gasteiger partial charge on any atom is -0.293 e. The molecule has 0 spiro atoms. The van der Waals surface area contributed by atoms with Crippen LogP contribution in [0.25, 0.3) is 5.57 Å². The number of aromatic nitrogens is 1. The molecule has 1 aliphatic heterocycles. The molecule has 90 valence electrons. The van der Waals surface area contributed by atoms with Gasteiger partial charge >= 0.3 is 0 Å². The minimum atomic E-state index is -0.266. The van der Waals surface area contributed by atoms with E-state index in [0.29, 0.717) is 18.0 Å². The quantitative estimate of drug-likeness (QED) is 0.779. The van der Waals surface area contributed by atoms with Crippen LogP contribution in [0.3, 0.4) is 0 Å². The fraction of sp³-hybridized carbons (Fsp3) is 0.500. The van der Waals surface area contributed by atoms with Gasteiger partial charge in [-0.2, -0.15) is 0 Å². The fourth-order valence-corrected chi connectivity index (χ4v) is 3.06. The summed E-state index contributed by atoms with van der Waals surface area (Å²) in [5, 5.41) is 0. The molecule has 0 saturated carbocycles. The zero-order chi connectivity index (χ0) is 12.0. The molecule has 2 bridgehead atoms. The molecule has 2 aliphatic rings. The van der Waals surface area contributed by atoms with Crippen LogP contribution in [0.4, 0.5) is 4.39 Å². The van der Waals surface area contributed by atoms with E-state index in [1.807, 2.05) is 0 Å². The van der Waals surface area contributed by atoms with Crippen molar-refractivity contribution in [2.45, 2.75) is 32.4 Å². The third-order valence-electron chi connectivity index (χ3n) is 3.83. The summed E-state index contributed by atoms with van der Waals surface area (Å²) in [7, 11) is 0. The molecule has 2 nitrogen and oxygen atoms in total. The van der Waals surface area contributed by atoms with Gasteiger partial charge in [0.1, 0.15) is 5.82 Å². The fourth-order valence-electron chi connectivity index (χ4n) is 3.06. The molecule has 0 amide bonds. The van der Waals surface area contributed by atoms with Crippen molar-refractivity contribution >= 4 is 5.57 Å². The summed E-state index contributed by atoms with van der Waals surface area (Å²) in [5.41, 5.74) is 2.22. The molecule has 2 atom stereocenters. The van der Waals surface area contributed by atoms with E-state index in [1.165, 1.54) is 24.3 Å². The highest BCUT2D eigenvalue weighted by Gasteiger charge is 2.40. The number of likely N-dealkylation sites (tertiary alicyclic amines) is 1. The van der Waals surface area contributed by atoms with E-state index < -0.39 is 0 Å². The summed E-state index contributed by atoms with van der Waals surface area (Å²) in [6.45, 7) is 5.62. The monoisotopic (exact) mass is 232 g/mol. The first-order valence-electron chi connectivity index (χ1n) is 6.24. The molecule has 3 heteroatoms. The smallest absolute Gasteiger partial charge is 0.141 e. The van der Waals surface area contributed by atoms with Gasteiger partial charge in [-0.05, 0) is 43.9 Å². The maximum Gasteiger partial charge on any atom is 0.141 e. The molecular formula is C14H17FN2. The van der Waals surface area contributed by atoms with Crippen molar-refractivity contribution in [1.82, 2.24) is 9.88 Å². The largest absolute Gasteiger partial charge is 0.293 e. The summed E-state index contributed by atoms with van der Waals surface area (Å²) in [6.07, 6.45) is 4.83. The molecule has 0 aromatic carbocycles. The molecule has 1 aromatic heterocycles. The van der Waals surface area contributed by atoms with Crippen LogP contribution in [-0.4, -0.2) is 28.5 Å². The molecule has 2 heterocycles. The second-order valence-electron chi connectivity index (χ2n) is 5.29. The van der Waals surface area contributed by atoms with Crippen LogP contribution in [0.1, 0.15) is 26.0 Å². The number of hydrogen-bond acceptors (Lipinski definition) is 2. The number of halogens is 1. The molecule has 0 N–H and O–H groups in total. The number of rotatable bonds is 2. The van der Waals surface area contributed by atoms with Crippen molar-refractivity contribution in [2.75, 3.05) is 6.54 Å². The molecule has 1 aliphatic carbocycles. The predicted molar refractivity (Wildman–Crippen MR) is 65.9 cm³/mol. The first kappa shape index (κ1) is 10.9. The highest BCUT2D eigenvalue weighted by atomic mass is 19.1. The van der Waals surface area contributed by atoms with Crippen molar-refractivity contribution in [1.29, 1.82) is 0 Å². The average molecular weight is 232 g/mol. The zero-order valence-electron chi connectivity index (χ0n) is 10.2. The molecule has 0 radical (unpaired) electrons. The molecule has 1 aromatic rings. The van der Waals surface area contributed by atoms with E-state index >= 15 is 0 Å². The van der Waals surface area contributed by atoms with Gasteiger partial charge in [0.15, 0.2) is 0 Å². The van der Waals surface area contributed by atoms with E-state index in [4.69, 9.17) is 0 Å². The van der Waals surface area contributed by atoms with Crippen LogP contribution >= 0.6 is 0 Å². The lowest BCUT2D eigenvalue weighted by molar-refractivity contribution is 0.231. The summed E-state index contributed by atoms with van der Waals surface area (Å²) in [5.74, 6) is 0.391. The standard InChI is InChI=1S/C14H17FN2/c1-9(2)17-8-10-5-12(14(17)6-10)13-4-3-11(15)7-16-13/h3-5,7,9-10,14H,6,8H2,1-2H3/t10-,14-/m1/s1. The zero-order valence-corrected chi connectivity index (χ0v) is 10.2. The Morgan fingerprint density at radius 3 is 2.82 bits per heavy atom. The Hall–Kier alpha value is -1.22. The number of hydrogen-bond donors (Lipinski definition) is 0. The van der Waals surface area contributed by atoms with Gasteiger partial charge in [-0.3, -0.25) is 9.88 Å². The Morgan fingerprint density at radius 1 is 1.41 bits per heavy atom. The van der Waals surface area contributed by atoms with Gasteiger partial charge in [0.2, 0.25) is 0 Å². The van der Waals surface area contributed by atoms with Crippen molar-refractivity contribution in [3.8, 4) is 0 Å². The summed E-state index contributed by atoms with van der Waals surface area (Å²) >= 11 is 0. The van der Waals surface area contributed by atoms with Crippen molar-refractivity contribution < 1.29 is 4.39 Å². The Labute approximate surface area is 101 Å². The lowest BCUT2D eigenvalue weighted by Crippen LogP contribution is -2.37. The first-order valence-corrected chi connectivity index (χ1v) is 6.24. The van der Waals surface area contributed by atoms with Gasteiger partial charge in [-0.25, -0.2) is 4.39 Å². The van der Waals surface area contributed by atoms with E-state index in [-0.39, 0.29) is 5.82 Å². The Bertz CT molecular complexity index is 450. The van der Waals surface area contributed by atoms with Crippen LogP contribution in [0, 0.1) is 11.7 Å². The summed E-state index contributed by atoms with van der Waals surface area (Å²) in [4.78, 5) is 6.72. The maximum absolute atomic E-state index is 12.9. The van der Waals surface area contributed by atoms with Crippen molar-refractivity contribution in [3.05, 3.63) is 35.9 Å². The SMILES string of the molecule is CC(C)N1C[C@@H]2C=C(c3ccc(F)cn3)[C@H]1C2. The molecule has 0 unspecified atom stereocenters. The number of pyridine rings is 1. The topological polar surface area (TPSA) is 16.1 Å². The molecule has 1 fully saturated rings. The second-order valence-corrected chi connectivity index (χ2v) is 5.29. The Morgan fingerprint density at radius 2 is 2.24 bits per heavy atom. The molecule has 1 saturated heterocycles. The van der Waals surface area contributed by atoms with E-state index in [9.17, 15) is 4.39 Å². The lowest BCUT2D eigenvalue weighted by atomic mass is 10.0. The van der Waals surface area contributed by atoms with Gasteiger partial charge in [0, 0.05) is 18.6 Å². The first-order chi connectivity index (χ1) is 8.15. The van der Waals surface area contributed by atoms with Gasteiger partial charge in [-0.15, -0.1) is 0 Å². The van der Waals surface area contributed by atoms with E-state index in [2.05, 4.69) is 29.8 Å². The molecule has 17 heavy (non-hydrogen) atoms. The van der Waals surface area contributed by atoms with Gasteiger partial charge in [-0.1, -0.05) is 6.08 Å². The van der Waals surface area contributed by atoms with Crippen molar-refractivity contribution in [2.24, 2.45) is 5.92 Å². The minimum absolute atomic E-state index is 0.266. The third kappa shape index (κ3) is 1.78. The third-order valence-corrected chi connectivity index (χ3v) is 3.83. The summed E-state index contributed by atoms with van der Waals surface area (Å²) < 4.78 is 12.9. The normalized spacial score (nSPS) is 27.9. The highest BCUT2D eigenvalue weighted by molar-refractivity contribution is 5.70. The second kappa shape index (κ2) is 3.91. The van der Waals surface area contributed by atoms with Gasteiger partial charge in [0.05, 0.1) is 11.9 Å². The van der Waals surface area contributed by atoms with Gasteiger partial charge in [0.25, 0.3) is 0 Å². The van der Waals surface area contributed by atoms with Crippen LogP contribution in [0.2, 0.25) is 0 Å². The number of nitrogens with zero attached hydrogens (tertiary/aromatic N) is 2. The van der Waals surface area contributed by atoms with E-state index in [1.54, 1.807) is 6.07 Å². The highest BCUT2D eigenvalue weighted by Crippen LogP contribution is 2.41. The van der Waals surface area contributed by atoms with Gasteiger partial charge < -0.3 is 0 Å².